The van der Waals surface area contributed by atoms with Gasteiger partial charge < -0.3 is 4.74 Å². The molecule has 3 aromatic rings. The maximum atomic E-state index is 12.6. The summed E-state index contributed by atoms with van der Waals surface area (Å²) in [6.07, 6.45) is 0. The fraction of sp³-hybridized carbons (Fsp3) is 0.118. The molecule has 0 N–H and O–H groups in total. The topological polar surface area (TPSA) is 31.2 Å². The van der Waals surface area contributed by atoms with Crippen molar-refractivity contribution in [3.8, 4) is 17.7 Å². The normalized spacial score (nSPS) is 10.3. The molecule has 2 aromatic carbocycles. The molecule has 0 saturated heterocycles. The van der Waals surface area contributed by atoms with Crippen LogP contribution in [0.1, 0.15) is 6.92 Å². The number of ether oxygens (including phenoxy) is 1. The van der Waals surface area contributed by atoms with Gasteiger partial charge in [0.15, 0.2) is 5.43 Å². The zero-order valence-corrected chi connectivity index (χ0v) is 11.3. The molecule has 0 radical (unpaired) electrons. The van der Waals surface area contributed by atoms with Gasteiger partial charge >= 0.3 is 0 Å². The van der Waals surface area contributed by atoms with E-state index >= 15 is 0 Å². The Balaban J connectivity index is 2.61. The third-order valence-corrected chi connectivity index (χ3v) is 3.30. The van der Waals surface area contributed by atoms with Crippen molar-refractivity contribution in [1.29, 1.82) is 0 Å². The molecule has 0 saturated carbocycles. The highest BCUT2D eigenvalue weighted by molar-refractivity contribution is 5.95. The van der Waals surface area contributed by atoms with Gasteiger partial charge in [0.2, 0.25) is 0 Å². The van der Waals surface area contributed by atoms with Crippen LogP contribution in [0.25, 0.3) is 21.8 Å². The second-order valence-corrected chi connectivity index (χ2v) is 4.43. The highest BCUT2D eigenvalue weighted by atomic mass is 16.5. The van der Waals surface area contributed by atoms with Crippen molar-refractivity contribution in [2.75, 3.05) is 7.11 Å². The molecule has 1 aromatic heterocycles. The highest BCUT2D eigenvalue weighted by Crippen LogP contribution is 2.22. The maximum Gasteiger partial charge on any atom is 0.197 e. The van der Waals surface area contributed by atoms with E-state index in [0.29, 0.717) is 16.5 Å². The third kappa shape index (κ3) is 1.74. The van der Waals surface area contributed by atoms with E-state index in [1.807, 2.05) is 41.0 Å². The van der Waals surface area contributed by atoms with Gasteiger partial charge in [-0.3, -0.25) is 9.36 Å². The second-order valence-electron chi connectivity index (χ2n) is 4.43. The predicted octanol–water partition coefficient (Wildman–Crippen LogP) is 2.99. The fourth-order valence-electron chi connectivity index (χ4n) is 2.39. The molecule has 3 heteroatoms. The number of hydrogen-bond donors (Lipinski definition) is 0. The van der Waals surface area contributed by atoms with Gasteiger partial charge in [0.1, 0.15) is 5.75 Å². The van der Waals surface area contributed by atoms with Crippen LogP contribution in [-0.2, 0) is 0 Å². The molecule has 0 aliphatic heterocycles. The molecule has 20 heavy (non-hydrogen) atoms. The lowest BCUT2D eigenvalue weighted by atomic mass is 10.1. The van der Waals surface area contributed by atoms with E-state index in [2.05, 4.69) is 12.0 Å². The average molecular weight is 263 g/mol. The zero-order valence-electron chi connectivity index (χ0n) is 11.3. The van der Waals surface area contributed by atoms with Crippen molar-refractivity contribution in [3.63, 3.8) is 0 Å². The predicted molar refractivity (Wildman–Crippen MR) is 81.1 cm³/mol. The van der Waals surface area contributed by atoms with Crippen LogP contribution in [0, 0.1) is 12.0 Å². The van der Waals surface area contributed by atoms with Crippen LogP contribution < -0.4 is 10.2 Å². The van der Waals surface area contributed by atoms with Crippen molar-refractivity contribution in [2.45, 2.75) is 6.92 Å². The molecule has 0 spiro atoms. The number of pyridine rings is 1. The largest absolute Gasteiger partial charge is 0.497 e. The number of para-hydroxylation sites is 1. The molecule has 0 aliphatic rings. The first-order valence-electron chi connectivity index (χ1n) is 6.30. The summed E-state index contributed by atoms with van der Waals surface area (Å²) in [5.74, 6) is 3.56. The molecule has 0 amide bonds. The van der Waals surface area contributed by atoms with Crippen LogP contribution in [0.3, 0.4) is 0 Å². The second kappa shape index (κ2) is 4.75. The number of methoxy groups -OCH3 is 1. The van der Waals surface area contributed by atoms with E-state index in [-0.39, 0.29) is 5.43 Å². The van der Waals surface area contributed by atoms with Gasteiger partial charge in [-0.15, -0.1) is 0 Å². The highest BCUT2D eigenvalue weighted by Gasteiger charge is 2.10. The SMILES string of the molecule is CC#Cn1c2ccccc2c(=O)c2cc(OC)ccc21. The summed E-state index contributed by atoms with van der Waals surface area (Å²) in [6.45, 7) is 1.78. The first kappa shape index (κ1) is 12.3. The Bertz CT molecular complexity index is 927. The molecule has 98 valence electrons. The van der Waals surface area contributed by atoms with Gasteiger partial charge in [0.25, 0.3) is 0 Å². The van der Waals surface area contributed by atoms with E-state index in [1.165, 1.54) is 0 Å². The Morgan fingerprint density at radius 1 is 1.05 bits per heavy atom. The number of fused-ring (bicyclic) bond motifs is 2. The number of rotatable bonds is 1. The summed E-state index contributed by atoms with van der Waals surface area (Å²) < 4.78 is 7.06. The summed E-state index contributed by atoms with van der Waals surface area (Å²) in [5.41, 5.74) is 1.62. The van der Waals surface area contributed by atoms with E-state index in [1.54, 1.807) is 20.1 Å². The summed E-state index contributed by atoms with van der Waals surface area (Å²) >= 11 is 0. The van der Waals surface area contributed by atoms with E-state index in [9.17, 15) is 4.79 Å². The lowest BCUT2D eigenvalue weighted by Crippen LogP contribution is -2.09. The van der Waals surface area contributed by atoms with Crippen LogP contribution in [0.5, 0.6) is 5.75 Å². The summed E-state index contributed by atoms with van der Waals surface area (Å²) in [5, 5.41) is 1.28. The molecular weight excluding hydrogens is 250 g/mol. The monoisotopic (exact) mass is 263 g/mol. The smallest absolute Gasteiger partial charge is 0.197 e. The summed E-state index contributed by atoms with van der Waals surface area (Å²) in [6, 6.07) is 16.0. The van der Waals surface area contributed by atoms with Gasteiger partial charge in [0.05, 0.1) is 23.5 Å². The Kier molecular flexibility index (Phi) is 2.92. The minimum absolute atomic E-state index is 0.00338. The van der Waals surface area contributed by atoms with Crippen LogP contribution in [0.4, 0.5) is 0 Å². The van der Waals surface area contributed by atoms with Crippen LogP contribution in [-0.4, -0.2) is 11.7 Å². The van der Waals surface area contributed by atoms with Gasteiger partial charge in [-0.25, -0.2) is 0 Å². The fourth-order valence-corrected chi connectivity index (χ4v) is 2.39. The molecule has 0 bridgehead atoms. The Labute approximate surface area is 116 Å². The Morgan fingerprint density at radius 2 is 1.80 bits per heavy atom. The molecule has 0 atom stereocenters. The number of benzene rings is 2. The van der Waals surface area contributed by atoms with E-state index in [0.717, 1.165) is 11.0 Å². The minimum Gasteiger partial charge on any atom is -0.497 e. The van der Waals surface area contributed by atoms with Gasteiger partial charge in [-0.2, -0.15) is 0 Å². The van der Waals surface area contributed by atoms with Crippen molar-refractivity contribution in [3.05, 3.63) is 52.7 Å². The number of nitrogens with zero attached hydrogens (tertiary/aromatic N) is 1. The number of aromatic nitrogens is 1. The standard InChI is InChI=1S/C17H13NO2/c1-3-10-18-15-7-5-4-6-13(15)17(19)14-11-12(20-2)8-9-16(14)18/h4-9,11H,1-2H3. The molecule has 3 nitrogen and oxygen atoms in total. The first-order valence-corrected chi connectivity index (χ1v) is 6.30. The Morgan fingerprint density at radius 3 is 2.55 bits per heavy atom. The molecule has 0 unspecified atom stereocenters. The average Bonchev–Trinajstić information content (AvgIpc) is 2.51. The van der Waals surface area contributed by atoms with Gasteiger partial charge in [0, 0.05) is 11.4 Å². The van der Waals surface area contributed by atoms with Gasteiger partial charge in [-0.1, -0.05) is 18.1 Å². The zero-order chi connectivity index (χ0) is 14.1. The minimum atomic E-state index is 0.00338. The summed E-state index contributed by atoms with van der Waals surface area (Å²) in [4.78, 5) is 12.6. The summed E-state index contributed by atoms with van der Waals surface area (Å²) in [7, 11) is 1.59. The lowest BCUT2D eigenvalue weighted by Gasteiger charge is -2.10. The van der Waals surface area contributed by atoms with E-state index in [4.69, 9.17) is 4.74 Å². The maximum absolute atomic E-state index is 12.6. The third-order valence-electron chi connectivity index (χ3n) is 3.30. The van der Waals surface area contributed by atoms with Crippen LogP contribution in [0.2, 0.25) is 0 Å². The van der Waals surface area contributed by atoms with Gasteiger partial charge in [-0.05, 0) is 37.3 Å². The van der Waals surface area contributed by atoms with Crippen LogP contribution >= 0.6 is 0 Å². The van der Waals surface area contributed by atoms with Crippen molar-refractivity contribution in [1.82, 2.24) is 4.57 Å². The molecule has 3 rings (SSSR count). The molecule has 0 fully saturated rings. The Hall–Kier alpha value is -2.73. The number of hydrogen-bond acceptors (Lipinski definition) is 2. The van der Waals surface area contributed by atoms with Crippen LogP contribution in [0.15, 0.2) is 47.3 Å². The van der Waals surface area contributed by atoms with E-state index < -0.39 is 0 Å². The van der Waals surface area contributed by atoms with Crippen molar-refractivity contribution in [2.24, 2.45) is 0 Å². The molecular formula is C17H13NO2. The lowest BCUT2D eigenvalue weighted by molar-refractivity contribution is 0.415. The first-order chi connectivity index (χ1) is 9.76. The van der Waals surface area contributed by atoms with Crippen molar-refractivity contribution >= 4 is 21.8 Å². The van der Waals surface area contributed by atoms with Crippen molar-refractivity contribution < 1.29 is 4.74 Å². The molecule has 1 heterocycles. The quantitative estimate of drug-likeness (QED) is 0.499. The molecule has 0 aliphatic carbocycles.